The summed E-state index contributed by atoms with van der Waals surface area (Å²) in [6, 6.07) is 0.0211. The highest BCUT2D eigenvalue weighted by molar-refractivity contribution is 5.80. The standard InChI is InChI=1S/C12H22N2O2/c13-11-5-3-1-2-4-10(11)12(16)14-7-6-9(15)8-14/h9-11,15H,1-8,13H2. The number of rotatable bonds is 1. The number of aliphatic hydroxyl groups excluding tert-OH is 1. The van der Waals surface area contributed by atoms with Crippen LogP contribution in [0.5, 0.6) is 0 Å². The molecule has 1 aliphatic heterocycles. The molecule has 2 rings (SSSR count). The summed E-state index contributed by atoms with van der Waals surface area (Å²) in [6.07, 6.45) is 5.73. The molecule has 0 aromatic rings. The summed E-state index contributed by atoms with van der Waals surface area (Å²) in [7, 11) is 0. The lowest BCUT2D eigenvalue weighted by atomic mass is 9.94. The molecular formula is C12H22N2O2. The zero-order valence-corrected chi connectivity index (χ0v) is 9.77. The first kappa shape index (κ1) is 11.9. The van der Waals surface area contributed by atoms with E-state index in [0.29, 0.717) is 19.5 Å². The molecule has 3 N–H and O–H groups in total. The molecule has 1 heterocycles. The van der Waals surface area contributed by atoms with Gasteiger partial charge in [0.2, 0.25) is 5.91 Å². The van der Waals surface area contributed by atoms with E-state index < -0.39 is 0 Å². The maximum Gasteiger partial charge on any atom is 0.227 e. The number of carbonyl (C=O) groups excluding carboxylic acids is 1. The maximum atomic E-state index is 12.2. The Labute approximate surface area is 96.8 Å². The minimum atomic E-state index is -0.328. The number of hydrogen-bond donors (Lipinski definition) is 2. The normalized spacial score (nSPS) is 36.1. The van der Waals surface area contributed by atoms with E-state index in [1.54, 1.807) is 4.90 Å². The Kier molecular flexibility index (Phi) is 3.82. The van der Waals surface area contributed by atoms with E-state index in [9.17, 15) is 9.90 Å². The van der Waals surface area contributed by atoms with E-state index in [0.717, 1.165) is 25.7 Å². The Bertz CT molecular complexity index is 257. The van der Waals surface area contributed by atoms with Crippen molar-refractivity contribution in [2.75, 3.05) is 13.1 Å². The van der Waals surface area contributed by atoms with E-state index in [-0.39, 0.29) is 24.0 Å². The first-order chi connectivity index (χ1) is 7.68. The van der Waals surface area contributed by atoms with Crippen LogP contribution in [0.15, 0.2) is 0 Å². The number of nitrogens with zero attached hydrogens (tertiary/aromatic N) is 1. The molecule has 16 heavy (non-hydrogen) atoms. The van der Waals surface area contributed by atoms with Crippen LogP contribution in [0.2, 0.25) is 0 Å². The molecule has 1 amide bonds. The fraction of sp³-hybridized carbons (Fsp3) is 0.917. The van der Waals surface area contributed by atoms with Crippen molar-refractivity contribution in [1.29, 1.82) is 0 Å². The molecule has 4 heteroatoms. The molecule has 0 aromatic heterocycles. The zero-order chi connectivity index (χ0) is 11.5. The van der Waals surface area contributed by atoms with Crippen LogP contribution in [0, 0.1) is 5.92 Å². The second-order valence-electron chi connectivity index (χ2n) is 5.14. The van der Waals surface area contributed by atoms with Gasteiger partial charge in [0.1, 0.15) is 0 Å². The third kappa shape index (κ3) is 2.55. The van der Waals surface area contributed by atoms with Gasteiger partial charge < -0.3 is 15.7 Å². The van der Waals surface area contributed by atoms with E-state index >= 15 is 0 Å². The monoisotopic (exact) mass is 226 g/mol. The fourth-order valence-corrected chi connectivity index (χ4v) is 2.82. The lowest BCUT2D eigenvalue weighted by Gasteiger charge is -2.26. The minimum absolute atomic E-state index is 0.00667. The molecule has 0 bridgehead atoms. The lowest BCUT2D eigenvalue weighted by Crippen LogP contribution is -2.43. The highest BCUT2D eigenvalue weighted by Crippen LogP contribution is 2.25. The number of amides is 1. The predicted octanol–water partition coefficient (Wildman–Crippen LogP) is 0.487. The van der Waals surface area contributed by atoms with Gasteiger partial charge in [-0.25, -0.2) is 0 Å². The average Bonchev–Trinajstić information content (AvgIpc) is 2.57. The van der Waals surface area contributed by atoms with Gasteiger partial charge in [-0.3, -0.25) is 4.79 Å². The van der Waals surface area contributed by atoms with Crippen LogP contribution in [0.25, 0.3) is 0 Å². The Morgan fingerprint density at radius 3 is 2.62 bits per heavy atom. The Balaban J connectivity index is 1.96. The van der Waals surface area contributed by atoms with Gasteiger partial charge in [-0.2, -0.15) is 0 Å². The van der Waals surface area contributed by atoms with Crippen LogP contribution in [-0.2, 0) is 4.79 Å². The van der Waals surface area contributed by atoms with Crippen molar-refractivity contribution >= 4 is 5.91 Å². The quantitative estimate of drug-likeness (QED) is 0.639. The van der Waals surface area contributed by atoms with Crippen molar-refractivity contribution < 1.29 is 9.90 Å². The molecular weight excluding hydrogens is 204 g/mol. The molecule has 3 unspecified atom stereocenters. The first-order valence-electron chi connectivity index (χ1n) is 6.41. The Morgan fingerprint density at radius 1 is 1.19 bits per heavy atom. The molecule has 0 radical (unpaired) electrons. The lowest BCUT2D eigenvalue weighted by molar-refractivity contribution is -0.135. The second kappa shape index (κ2) is 5.15. The van der Waals surface area contributed by atoms with E-state index in [4.69, 9.17) is 5.73 Å². The smallest absolute Gasteiger partial charge is 0.227 e. The van der Waals surface area contributed by atoms with Gasteiger partial charge in [0.05, 0.1) is 12.0 Å². The summed E-state index contributed by atoms with van der Waals surface area (Å²) in [5, 5.41) is 9.44. The second-order valence-corrected chi connectivity index (χ2v) is 5.14. The van der Waals surface area contributed by atoms with Crippen molar-refractivity contribution in [3.8, 4) is 0 Å². The fourth-order valence-electron chi connectivity index (χ4n) is 2.82. The first-order valence-corrected chi connectivity index (χ1v) is 6.41. The predicted molar refractivity (Wildman–Crippen MR) is 61.8 cm³/mol. The third-order valence-corrected chi connectivity index (χ3v) is 3.86. The van der Waals surface area contributed by atoms with Crippen LogP contribution >= 0.6 is 0 Å². The van der Waals surface area contributed by atoms with E-state index in [2.05, 4.69) is 0 Å². The van der Waals surface area contributed by atoms with Crippen molar-refractivity contribution in [2.45, 2.75) is 50.7 Å². The van der Waals surface area contributed by atoms with Crippen molar-refractivity contribution in [3.63, 3.8) is 0 Å². The SMILES string of the molecule is NC1CCCCCC1C(=O)N1CCC(O)C1. The van der Waals surface area contributed by atoms with Crippen LogP contribution in [0.1, 0.15) is 38.5 Å². The summed E-state index contributed by atoms with van der Waals surface area (Å²) < 4.78 is 0. The molecule has 1 saturated carbocycles. The number of aliphatic hydroxyl groups is 1. The summed E-state index contributed by atoms with van der Waals surface area (Å²) in [6.45, 7) is 1.20. The van der Waals surface area contributed by atoms with Gasteiger partial charge in [0.15, 0.2) is 0 Å². The molecule has 3 atom stereocenters. The molecule has 0 spiro atoms. The van der Waals surface area contributed by atoms with Gasteiger partial charge in [0, 0.05) is 19.1 Å². The third-order valence-electron chi connectivity index (χ3n) is 3.86. The van der Waals surface area contributed by atoms with Crippen molar-refractivity contribution in [1.82, 2.24) is 4.90 Å². The molecule has 92 valence electrons. The van der Waals surface area contributed by atoms with Crippen molar-refractivity contribution in [2.24, 2.45) is 11.7 Å². The topological polar surface area (TPSA) is 66.6 Å². The highest BCUT2D eigenvalue weighted by atomic mass is 16.3. The molecule has 4 nitrogen and oxygen atoms in total. The van der Waals surface area contributed by atoms with Gasteiger partial charge in [-0.1, -0.05) is 19.3 Å². The largest absolute Gasteiger partial charge is 0.391 e. The van der Waals surface area contributed by atoms with Gasteiger partial charge >= 0.3 is 0 Å². The molecule has 1 saturated heterocycles. The average molecular weight is 226 g/mol. The van der Waals surface area contributed by atoms with Gasteiger partial charge in [0.25, 0.3) is 0 Å². The summed E-state index contributed by atoms with van der Waals surface area (Å²) in [5.74, 6) is 0.166. The maximum absolute atomic E-state index is 12.2. The van der Waals surface area contributed by atoms with Gasteiger partial charge in [-0.15, -0.1) is 0 Å². The number of likely N-dealkylation sites (tertiary alicyclic amines) is 1. The van der Waals surface area contributed by atoms with E-state index in [1.807, 2.05) is 0 Å². The van der Waals surface area contributed by atoms with Gasteiger partial charge in [-0.05, 0) is 19.3 Å². The van der Waals surface area contributed by atoms with Crippen LogP contribution in [0.3, 0.4) is 0 Å². The summed E-state index contributed by atoms with van der Waals surface area (Å²) in [4.78, 5) is 14.0. The highest BCUT2D eigenvalue weighted by Gasteiger charge is 2.33. The number of β-amino-alcohol motifs (C(OH)–C–C–N with tert-alkyl or cyclic N) is 1. The minimum Gasteiger partial charge on any atom is -0.391 e. The molecule has 0 aromatic carbocycles. The summed E-state index contributed by atoms with van der Waals surface area (Å²) >= 11 is 0. The number of hydrogen-bond acceptors (Lipinski definition) is 3. The summed E-state index contributed by atoms with van der Waals surface area (Å²) in [5.41, 5.74) is 6.07. The van der Waals surface area contributed by atoms with Crippen LogP contribution in [-0.4, -0.2) is 41.1 Å². The Morgan fingerprint density at radius 2 is 1.94 bits per heavy atom. The van der Waals surface area contributed by atoms with Crippen LogP contribution in [0.4, 0.5) is 0 Å². The molecule has 1 aliphatic carbocycles. The zero-order valence-electron chi connectivity index (χ0n) is 9.77. The molecule has 2 fully saturated rings. The van der Waals surface area contributed by atoms with Crippen molar-refractivity contribution in [3.05, 3.63) is 0 Å². The number of nitrogens with two attached hydrogens (primary N) is 1. The molecule has 2 aliphatic rings. The van der Waals surface area contributed by atoms with Crippen LogP contribution < -0.4 is 5.73 Å². The Hall–Kier alpha value is -0.610. The van der Waals surface area contributed by atoms with E-state index in [1.165, 1.54) is 6.42 Å². The number of carbonyl (C=O) groups is 1.